The molecule has 1 saturated heterocycles. The highest BCUT2D eigenvalue weighted by atomic mass is 32.1. The summed E-state index contributed by atoms with van der Waals surface area (Å²) < 4.78 is 0. The summed E-state index contributed by atoms with van der Waals surface area (Å²) in [5.41, 5.74) is -0.00535. The van der Waals surface area contributed by atoms with Crippen LogP contribution in [-0.2, 0) is 4.79 Å². The van der Waals surface area contributed by atoms with E-state index in [0.29, 0.717) is 10.5 Å². The molecular formula is C13H22N2OS. The van der Waals surface area contributed by atoms with Crippen LogP contribution < -0.4 is 10.6 Å². The summed E-state index contributed by atoms with van der Waals surface area (Å²) in [6.45, 7) is 6.92. The third kappa shape index (κ3) is 2.19. The molecule has 1 aliphatic heterocycles. The molecule has 1 saturated carbocycles. The van der Waals surface area contributed by atoms with Gasteiger partial charge in [-0.15, -0.1) is 0 Å². The summed E-state index contributed by atoms with van der Waals surface area (Å²) in [5, 5.41) is 6.41. The van der Waals surface area contributed by atoms with Crippen molar-refractivity contribution in [3.63, 3.8) is 0 Å². The van der Waals surface area contributed by atoms with Crippen LogP contribution in [0.15, 0.2) is 0 Å². The Morgan fingerprint density at radius 3 is 2.41 bits per heavy atom. The van der Waals surface area contributed by atoms with Crippen LogP contribution in [0.2, 0.25) is 0 Å². The summed E-state index contributed by atoms with van der Waals surface area (Å²) in [4.78, 5) is 11.9. The van der Waals surface area contributed by atoms with Crippen LogP contribution in [0.1, 0.15) is 52.9 Å². The molecule has 2 N–H and O–H groups in total. The molecule has 0 aromatic carbocycles. The summed E-state index contributed by atoms with van der Waals surface area (Å²) in [6, 6.07) is 0. The van der Waals surface area contributed by atoms with Gasteiger partial charge in [0.2, 0.25) is 0 Å². The second kappa shape index (κ2) is 4.23. The molecule has 2 fully saturated rings. The van der Waals surface area contributed by atoms with E-state index in [4.69, 9.17) is 12.2 Å². The molecule has 0 bridgehead atoms. The number of thiocarbonyl (C=S) groups is 1. The standard InChI is InChI=1S/C13H22N2OS/c1-4-12(2,3)9-5-7-13(8-6-9)10(16)14-11(17)15-13/h9H,4-8H2,1-3H3,(H2,14,15,16,17). The maximum absolute atomic E-state index is 11.9. The number of carbonyl (C=O) groups is 1. The average molecular weight is 254 g/mol. The molecule has 1 amide bonds. The molecule has 1 spiro atoms. The zero-order valence-electron chi connectivity index (χ0n) is 10.9. The molecule has 3 nitrogen and oxygen atoms in total. The molecule has 0 aromatic heterocycles. The van der Waals surface area contributed by atoms with Gasteiger partial charge in [0.15, 0.2) is 5.11 Å². The second-order valence-electron chi connectivity index (χ2n) is 6.11. The fourth-order valence-electron chi connectivity index (χ4n) is 3.06. The Balaban J connectivity index is 2.03. The largest absolute Gasteiger partial charge is 0.348 e. The van der Waals surface area contributed by atoms with Crippen molar-refractivity contribution < 1.29 is 4.79 Å². The lowest BCUT2D eigenvalue weighted by atomic mass is 9.65. The van der Waals surface area contributed by atoms with E-state index in [-0.39, 0.29) is 5.91 Å². The van der Waals surface area contributed by atoms with Crippen molar-refractivity contribution >= 4 is 23.2 Å². The molecule has 0 atom stereocenters. The Morgan fingerprint density at radius 2 is 2.00 bits per heavy atom. The molecule has 1 aliphatic carbocycles. The highest BCUT2D eigenvalue weighted by Crippen LogP contribution is 2.44. The third-order valence-corrected chi connectivity index (χ3v) is 5.07. The van der Waals surface area contributed by atoms with Gasteiger partial charge in [0.25, 0.3) is 5.91 Å². The Morgan fingerprint density at radius 1 is 1.41 bits per heavy atom. The predicted octanol–water partition coefficient (Wildman–Crippen LogP) is 2.36. The minimum absolute atomic E-state index is 0.0789. The third-order valence-electron chi connectivity index (χ3n) is 4.87. The lowest BCUT2D eigenvalue weighted by molar-refractivity contribution is -0.125. The molecule has 2 aliphatic rings. The summed E-state index contributed by atoms with van der Waals surface area (Å²) in [7, 11) is 0. The van der Waals surface area contributed by atoms with E-state index in [2.05, 4.69) is 31.4 Å². The minimum atomic E-state index is -0.391. The monoisotopic (exact) mass is 254 g/mol. The van der Waals surface area contributed by atoms with Crippen molar-refractivity contribution in [2.45, 2.75) is 58.4 Å². The maximum Gasteiger partial charge on any atom is 0.251 e. The molecule has 1 heterocycles. The first-order chi connectivity index (χ1) is 7.89. The molecule has 0 radical (unpaired) electrons. The van der Waals surface area contributed by atoms with Gasteiger partial charge in [-0.05, 0) is 49.2 Å². The molecule has 4 heteroatoms. The summed E-state index contributed by atoms with van der Waals surface area (Å²) in [6.07, 6.45) is 5.25. The fourth-order valence-corrected chi connectivity index (χ4v) is 3.35. The van der Waals surface area contributed by atoms with Crippen LogP contribution in [-0.4, -0.2) is 16.6 Å². The lowest BCUT2D eigenvalue weighted by Gasteiger charge is -2.42. The number of rotatable bonds is 2. The van der Waals surface area contributed by atoms with Crippen molar-refractivity contribution in [1.82, 2.24) is 10.6 Å². The minimum Gasteiger partial charge on any atom is -0.348 e. The Hall–Kier alpha value is -0.640. The first-order valence-electron chi connectivity index (χ1n) is 6.53. The van der Waals surface area contributed by atoms with Gasteiger partial charge >= 0.3 is 0 Å². The fraction of sp³-hybridized carbons (Fsp3) is 0.846. The van der Waals surface area contributed by atoms with Crippen molar-refractivity contribution in [2.75, 3.05) is 0 Å². The van der Waals surface area contributed by atoms with Crippen molar-refractivity contribution in [3.05, 3.63) is 0 Å². The van der Waals surface area contributed by atoms with Crippen LogP contribution >= 0.6 is 12.2 Å². The first-order valence-corrected chi connectivity index (χ1v) is 6.94. The smallest absolute Gasteiger partial charge is 0.251 e. The SMILES string of the molecule is CCC(C)(C)C1CCC2(CC1)NC(=S)NC2=O. The highest BCUT2D eigenvalue weighted by molar-refractivity contribution is 7.80. The van der Waals surface area contributed by atoms with E-state index < -0.39 is 5.54 Å². The van der Waals surface area contributed by atoms with E-state index in [1.165, 1.54) is 6.42 Å². The average Bonchev–Trinajstić information content (AvgIpc) is 2.54. The molecule has 2 rings (SSSR count). The number of nitrogens with one attached hydrogen (secondary N) is 2. The van der Waals surface area contributed by atoms with Crippen molar-refractivity contribution in [3.8, 4) is 0 Å². The van der Waals surface area contributed by atoms with Gasteiger partial charge < -0.3 is 10.6 Å². The molecule has 0 aromatic rings. The highest BCUT2D eigenvalue weighted by Gasteiger charge is 2.48. The van der Waals surface area contributed by atoms with Gasteiger partial charge in [-0.2, -0.15) is 0 Å². The Labute approximate surface area is 109 Å². The molecule has 0 unspecified atom stereocenters. The topological polar surface area (TPSA) is 41.1 Å². The van der Waals surface area contributed by atoms with Crippen LogP contribution in [0.3, 0.4) is 0 Å². The predicted molar refractivity (Wildman–Crippen MR) is 72.6 cm³/mol. The van der Waals surface area contributed by atoms with Crippen LogP contribution in [0.4, 0.5) is 0 Å². The van der Waals surface area contributed by atoms with E-state index in [0.717, 1.165) is 31.6 Å². The van der Waals surface area contributed by atoms with Gasteiger partial charge in [0, 0.05) is 0 Å². The number of hydrogen-bond acceptors (Lipinski definition) is 2. The first kappa shape index (κ1) is 12.8. The quantitative estimate of drug-likeness (QED) is 0.743. The van der Waals surface area contributed by atoms with Crippen molar-refractivity contribution in [1.29, 1.82) is 0 Å². The maximum atomic E-state index is 11.9. The van der Waals surface area contributed by atoms with Gasteiger partial charge in [-0.3, -0.25) is 4.79 Å². The van der Waals surface area contributed by atoms with Gasteiger partial charge in [0.05, 0.1) is 0 Å². The zero-order valence-corrected chi connectivity index (χ0v) is 11.7. The molecule has 17 heavy (non-hydrogen) atoms. The van der Waals surface area contributed by atoms with E-state index in [1.54, 1.807) is 0 Å². The van der Waals surface area contributed by atoms with E-state index in [1.807, 2.05) is 0 Å². The van der Waals surface area contributed by atoms with Gasteiger partial charge in [0.1, 0.15) is 5.54 Å². The second-order valence-corrected chi connectivity index (χ2v) is 6.52. The van der Waals surface area contributed by atoms with E-state index in [9.17, 15) is 4.79 Å². The lowest BCUT2D eigenvalue weighted by Crippen LogP contribution is -2.50. The number of carbonyl (C=O) groups excluding carboxylic acids is 1. The normalized spacial score (nSPS) is 33.7. The number of amides is 1. The van der Waals surface area contributed by atoms with Crippen LogP contribution in [0.5, 0.6) is 0 Å². The van der Waals surface area contributed by atoms with Crippen LogP contribution in [0, 0.1) is 11.3 Å². The number of hydrogen-bond donors (Lipinski definition) is 2. The van der Waals surface area contributed by atoms with Crippen LogP contribution in [0.25, 0.3) is 0 Å². The molecular weight excluding hydrogens is 232 g/mol. The van der Waals surface area contributed by atoms with Gasteiger partial charge in [-0.25, -0.2) is 0 Å². The van der Waals surface area contributed by atoms with Gasteiger partial charge in [-0.1, -0.05) is 27.2 Å². The summed E-state index contributed by atoms with van der Waals surface area (Å²) >= 11 is 5.03. The molecule has 96 valence electrons. The summed E-state index contributed by atoms with van der Waals surface area (Å²) in [5.74, 6) is 0.803. The van der Waals surface area contributed by atoms with Crippen molar-refractivity contribution in [2.24, 2.45) is 11.3 Å². The Bertz CT molecular complexity index is 343. The van der Waals surface area contributed by atoms with E-state index >= 15 is 0 Å². The Kier molecular flexibility index (Phi) is 3.19. The zero-order chi connectivity index (χ0) is 12.7.